The molecule has 1 aromatic rings. The highest BCUT2D eigenvalue weighted by Gasteiger charge is 2.16. The lowest BCUT2D eigenvalue weighted by molar-refractivity contribution is 0.566. The zero-order chi connectivity index (χ0) is 12.9. The predicted molar refractivity (Wildman–Crippen MR) is 68.8 cm³/mol. The van der Waals surface area contributed by atoms with Crippen LogP contribution in [0.15, 0.2) is 11.2 Å². The maximum Gasteiger partial charge on any atom is 0.280 e. The lowest BCUT2D eigenvalue weighted by Gasteiger charge is -2.05. The Morgan fingerprint density at radius 2 is 2.00 bits per heavy atom. The van der Waals surface area contributed by atoms with Crippen LogP contribution in [0.4, 0.5) is 0 Å². The summed E-state index contributed by atoms with van der Waals surface area (Å²) >= 11 is 0. The molecule has 0 amide bonds. The molecule has 4 nitrogen and oxygen atoms in total. The topological polar surface area (TPSA) is 52.0 Å². The van der Waals surface area contributed by atoms with E-state index >= 15 is 0 Å². The molecule has 0 saturated heterocycles. The van der Waals surface area contributed by atoms with Crippen molar-refractivity contribution in [1.82, 2.24) is 9.55 Å². The highest BCUT2D eigenvalue weighted by Crippen LogP contribution is 2.15. The third kappa shape index (κ3) is 4.32. The fourth-order valence-electron chi connectivity index (χ4n) is 1.73. The van der Waals surface area contributed by atoms with Crippen LogP contribution in [0, 0.1) is 0 Å². The van der Waals surface area contributed by atoms with Gasteiger partial charge >= 0.3 is 0 Å². The number of halogens is 1. The van der Waals surface area contributed by atoms with E-state index in [1.807, 2.05) is 11.5 Å². The molecule has 0 spiro atoms. The van der Waals surface area contributed by atoms with E-state index in [0.29, 0.717) is 6.42 Å². The van der Waals surface area contributed by atoms with Crippen LogP contribution in [0.2, 0.25) is 0 Å². The first-order valence-electron chi connectivity index (χ1n) is 5.99. The standard InChI is InChI=1S/C11H19ClN2O2S/c1-3-5-6-7-8-14-9-11(17(12,15)16)13-10(14)4-2/h9H,3-8H2,1-2H3. The fraction of sp³-hybridized carbons (Fsp3) is 0.727. The Kier molecular flexibility index (Phi) is 5.46. The number of aromatic nitrogens is 2. The van der Waals surface area contributed by atoms with Crippen LogP contribution in [0.1, 0.15) is 45.4 Å². The molecule has 17 heavy (non-hydrogen) atoms. The molecule has 0 aliphatic heterocycles. The Morgan fingerprint density at radius 1 is 1.29 bits per heavy atom. The number of hydrogen-bond acceptors (Lipinski definition) is 3. The quantitative estimate of drug-likeness (QED) is 0.569. The second-order valence-corrected chi connectivity index (χ2v) is 6.55. The van der Waals surface area contributed by atoms with Gasteiger partial charge < -0.3 is 4.57 Å². The smallest absolute Gasteiger partial charge is 0.280 e. The largest absolute Gasteiger partial charge is 0.334 e. The number of imidazole rings is 1. The molecule has 0 unspecified atom stereocenters. The minimum absolute atomic E-state index is 0.0356. The third-order valence-electron chi connectivity index (χ3n) is 2.66. The average Bonchev–Trinajstić information content (AvgIpc) is 2.67. The van der Waals surface area contributed by atoms with Gasteiger partial charge in [0.1, 0.15) is 5.82 Å². The van der Waals surface area contributed by atoms with Crippen molar-refractivity contribution in [2.24, 2.45) is 0 Å². The van der Waals surface area contributed by atoms with Crippen molar-refractivity contribution in [3.05, 3.63) is 12.0 Å². The first-order chi connectivity index (χ1) is 7.99. The van der Waals surface area contributed by atoms with Crippen LogP contribution < -0.4 is 0 Å². The van der Waals surface area contributed by atoms with Gasteiger partial charge in [-0.05, 0) is 6.42 Å². The summed E-state index contributed by atoms with van der Waals surface area (Å²) in [6.07, 6.45) is 6.83. The Morgan fingerprint density at radius 3 is 2.53 bits per heavy atom. The highest BCUT2D eigenvalue weighted by atomic mass is 35.7. The van der Waals surface area contributed by atoms with Gasteiger partial charge in [0, 0.05) is 29.8 Å². The maximum atomic E-state index is 11.2. The molecule has 0 aliphatic rings. The lowest BCUT2D eigenvalue weighted by atomic mass is 10.2. The van der Waals surface area contributed by atoms with E-state index in [2.05, 4.69) is 11.9 Å². The first-order valence-corrected chi connectivity index (χ1v) is 8.30. The van der Waals surface area contributed by atoms with E-state index < -0.39 is 9.05 Å². The molecule has 0 aliphatic carbocycles. The predicted octanol–water partition coefficient (Wildman–Crippen LogP) is 2.95. The molecule has 1 rings (SSSR count). The zero-order valence-electron chi connectivity index (χ0n) is 10.3. The summed E-state index contributed by atoms with van der Waals surface area (Å²) in [5.41, 5.74) is 0. The molecule has 0 bridgehead atoms. The molecule has 0 saturated carbocycles. The fourth-order valence-corrected chi connectivity index (χ4v) is 2.42. The van der Waals surface area contributed by atoms with Crippen molar-refractivity contribution in [2.75, 3.05) is 0 Å². The van der Waals surface area contributed by atoms with Crippen LogP contribution in [-0.4, -0.2) is 18.0 Å². The van der Waals surface area contributed by atoms with Crippen LogP contribution >= 0.6 is 10.7 Å². The third-order valence-corrected chi connectivity index (χ3v) is 3.83. The molecule has 0 fully saturated rings. The molecular weight excluding hydrogens is 260 g/mol. The second kappa shape index (κ2) is 6.40. The monoisotopic (exact) mass is 278 g/mol. The van der Waals surface area contributed by atoms with Crippen molar-refractivity contribution < 1.29 is 8.42 Å². The summed E-state index contributed by atoms with van der Waals surface area (Å²) < 4.78 is 24.3. The lowest BCUT2D eigenvalue weighted by Crippen LogP contribution is -2.01. The van der Waals surface area contributed by atoms with E-state index in [0.717, 1.165) is 25.2 Å². The second-order valence-electron chi connectivity index (χ2n) is 4.04. The van der Waals surface area contributed by atoms with Gasteiger partial charge in [-0.15, -0.1) is 0 Å². The van der Waals surface area contributed by atoms with Crippen molar-refractivity contribution in [3.63, 3.8) is 0 Å². The average molecular weight is 279 g/mol. The summed E-state index contributed by atoms with van der Waals surface area (Å²) in [6.45, 7) is 4.92. The van der Waals surface area contributed by atoms with Gasteiger partial charge in [0.2, 0.25) is 0 Å². The number of rotatable bonds is 7. The van der Waals surface area contributed by atoms with Gasteiger partial charge in [0.25, 0.3) is 9.05 Å². The van der Waals surface area contributed by atoms with Crippen LogP contribution in [-0.2, 0) is 22.0 Å². The first kappa shape index (κ1) is 14.5. The van der Waals surface area contributed by atoms with Gasteiger partial charge in [-0.25, -0.2) is 13.4 Å². The van der Waals surface area contributed by atoms with Crippen molar-refractivity contribution >= 4 is 19.7 Å². The van der Waals surface area contributed by atoms with Gasteiger partial charge in [-0.2, -0.15) is 0 Å². The number of hydrogen-bond donors (Lipinski definition) is 0. The van der Waals surface area contributed by atoms with Gasteiger partial charge in [0.05, 0.1) is 0 Å². The van der Waals surface area contributed by atoms with E-state index in [1.165, 1.54) is 19.0 Å². The van der Waals surface area contributed by atoms with E-state index in [9.17, 15) is 8.42 Å². The Labute approximate surface area is 107 Å². The normalized spacial score (nSPS) is 11.9. The van der Waals surface area contributed by atoms with Crippen LogP contribution in [0.5, 0.6) is 0 Å². The Bertz CT molecular complexity index is 454. The molecule has 0 N–H and O–H groups in total. The van der Waals surface area contributed by atoms with Gasteiger partial charge in [-0.1, -0.05) is 33.1 Å². The molecule has 1 heterocycles. The zero-order valence-corrected chi connectivity index (χ0v) is 11.9. The van der Waals surface area contributed by atoms with Crippen molar-refractivity contribution in [3.8, 4) is 0 Å². The summed E-state index contributed by atoms with van der Waals surface area (Å²) in [4.78, 5) is 4.04. The van der Waals surface area contributed by atoms with E-state index in [-0.39, 0.29) is 5.03 Å². The minimum Gasteiger partial charge on any atom is -0.334 e. The molecule has 0 atom stereocenters. The minimum atomic E-state index is -3.71. The summed E-state index contributed by atoms with van der Waals surface area (Å²) in [5, 5.41) is -0.0356. The number of aryl methyl sites for hydroxylation is 2. The number of nitrogens with zero attached hydrogens (tertiary/aromatic N) is 2. The van der Waals surface area contributed by atoms with Gasteiger partial charge in [0.15, 0.2) is 5.03 Å². The Hall–Kier alpha value is -0.550. The Balaban J connectivity index is 2.74. The summed E-state index contributed by atoms with van der Waals surface area (Å²) in [6, 6.07) is 0. The van der Waals surface area contributed by atoms with E-state index in [1.54, 1.807) is 0 Å². The van der Waals surface area contributed by atoms with E-state index in [4.69, 9.17) is 10.7 Å². The summed E-state index contributed by atoms with van der Waals surface area (Å²) in [7, 11) is 1.57. The van der Waals surface area contributed by atoms with Crippen molar-refractivity contribution in [1.29, 1.82) is 0 Å². The van der Waals surface area contributed by atoms with Crippen molar-refractivity contribution in [2.45, 2.75) is 57.5 Å². The van der Waals surface area contributed by atoms with Gasteiger partial charge in [-0.3, -0.25) is 0 Å². The molecule has 6 heteroatoms. The summed E-state index contributed by atoms with van der Waals surface area (Å²) in [5.74, 6) is 0.778. The molecule has 0 radical (unpaired) electrons. The van der Waals surface area contributed by atoms with Crippen LogP contribution in [0.25, 0.3) is 0 Å². The molecular formula is C11H19ClN2O2S. The molecule has 98 valence electrons. The maximum absolute atomic E-state index is 11.2. The molecule has 1 aromatic heterocycles. The molecule has 0 aromatic carbocycles. The SMILES string of the molecule is CCCCCCn1cc(S(=O)(=O)Cl)nc1CC. The number of unbranched alkanes of at least 4 members (excludes halogenated alkanes) is 3. The highest BCUT2D eigenvalue weighted by molar-refractivity contribution is 8.13. The van der Waals surface area contributed by atoms with Crippen LogP contribution in [0.3, 0.4) is 0 Å².